The first-order chi connectivity index (χ1) is 8.02. The lowest BCUT2D eigenvalue weighted by atomic mass is 9.97. The standard InChI is InChI=1S/C16H29N/c1-6-8-9-10-15(7-2)11-12-16(13(3)4)14(5)17/h10H,5-9,11-12,17H2,1-4H3/b15-10-. The van der Waals surface area contributed by atoms with Gasteiger partial charge in [0.1, 0.15) is 0 Å². The molecule has 0 bridgehead atoms. The van der Waals surface area contributed by atoms with Crippen LogP contribution in [0.2, 0.25) is 0 Å². The number of nitrogens with two attached hydrogens (primary N) is 1. The molecule has 0 unspecified atom stereocenters. The predicted octanol–water partition coefficient (Wildman–Crippen LogP) is 5.10. The van der Waals surface area contributed by atoms with Crippen molar-refractivity contribution in [2.45, 2.75) is 66.2 Å². The van der Waals surface area contributed by atoms with Crippen LogP contribution >= 0.6 is 0 Å². The smallest absolute Gasteiger partial charge is 0.0272 e. The van der Waals surface area contributed by atoms with Gasteiger partial charge in [0, 0.05) is 5.70 Å². The van der Waals surface area contributed by atoms with Crippen LogP contribution < -0.4 is 5.73 Å². The summed E-state index contributed by atoms with van der Waals surface area (Å²) in [6.45, 7) is 12.5. The first kappa shape index (κ1) is 16.0. The van der Waals surface area contributed by atoms with Crippen LogP contribution in [0.15, 0.2) is 35.1 Å². The summed E-state index contributed by atoms with van der Waals surface area (Å²) in [7, 11) is 0. The summed E-state index contributed by atoms with van der Waals surface area (Å²) in [4.78, 5) is 0. The average molecular weight is 235 g/mol. The van der Waals surface area contributed by atoms with E-state index in [0.717, 1.165) is 25.0 Å². The van der Waals surface area contributed by atoms with E-state index in [1.807, 2.05) is 0 Å². The monoisotopic (exact) mass is 235 g/mol. The fraction of sp³-hybridized carbons (Fsp3) is 0.625. The minimum absolute atomic E-state index is 0.731. The Morgan fingerprint density at radius 2 is 1.82 bits per heavy atom. The van der Waals surface area contributed by atoms with Gasteiger partial charge < -0.3 is 5.73 Å². The number of allylic oxidation sites excluding steroid dienone is 4. The zero-order valence-electron chi connectivity index (χ0n) is 12.1. The molecule has 0 heterocycles. The second kappa shape index (κ2) is 9.09. The van der Waals surface area contributed by atoms with Crippen LogP contribution in [0.3, 0.4) is 0 Å². The van der Waals surface area contributed by atoms with Crippen LogP contribution in [0, 0.1) is 0 Å². The maximum absolute atomic E-state index is 5.82. The van der Waals surface area contributed by atoms with E-state index in [-0.39, 0.29) is 0 Å². The highest BCUT2D eigenvalue weighted by Crippen LogP contribution is 2.21. The molecule has 0 saturated heterocycles. The molecule has 0 amide bonds. The third-order valence-electron chi connectivity index (χ3n) is 3.13. The summed E-state index contributed by atoms with van der Waals surface area (Å²) < 4.78 is 0. The number of hydrogen-bond acceptors (Lipinski definition) is 1. The van der Waals surface area contributed by atoms with E-state index in [0.29, 0.717) is 0 Å². The second-order valence-corrected chi connectivity index (χ2v) is 4.86. The van der Waals surface area contributed by atoms with Crippen molar-refractivity contribution in [2.75, 3.05) is 0 Å². The molecule has 1 heteroatoms. The zero-order chi connectivity index (χ0) is 13.3. The molecule has 0 saturated carbocycles. The molecule has 0 atom stereocenters. The first-order valence-corrected chi connectivity index (χ1v) is 6.81. The van der Waals surface area contributed by atoms with Gasteiger partial charge in [-0.15, -0.1) is 0 Å². The van der Waals surface area contributed by atoms with Gasteiger partial charge >= 0.3 is 0 Å². The van der Waals surface area contributed by atoms with Crippen LogP contribution in [0.25, 0.3) is 0 Å². The molecule has 0 aromatic carbocycles. The molecule has 0 spiro atoms. The summed E-state index contributed by atoms with van der Waals surface area (Å²) in [5, 5.41) is 0. The molecule has 0 aromatic rings. The van der Waals surface area contributed by atoms with E-state index >= 15 is 0 Å². The Kier molecular flexibility index (Phi) is 8.57. The van der Waals surface area contributed by atoms with Gasteiger partial charge in [0.15, 0.2) is 0 Å². The van der Waals surface area contributed by atoms with Crippen molar-refractivity contribution >= 4 is 0 Å². The molecule has 1 nitrogen and oxygen atoms in total. The van der Waals surface area contributed by atoms with Crippen molar-refractivity contribution in [3.05, 3.63) is 35.1 Å². The Labute approximate surface area is 107 Å². The van der Waals surface area contributed by atoms with Crippen LogP contribution in [-0.4, -0.2) is 0 Å². The summed E-state index contributed by atoms with van der Waals surface area (Å²) in [6, 6.07) is 0. The Bertz CT molecular complexity index is 291. The Morgan fingerprint density at radius 3 is 2.24 bits per heavy atom. The number of rotatable bonds is 8. The minimum atomic E-state index is 0.731. The van der Waals surface area contributed by atoms with E-state index in [1.165, 1.54) is 30.4 Å². The van der Waals surface area contributed by atoms with Crippen molar-refractivity contribution < 1.29 is 0 Å². The summed E-state index contributed by atoms with van der Waals surface area (Å²) in [5.74, 6) is 0. The van der Waals surface area contributed by atoms with Gasteiger partial charge in [-0.25, -0.2) is 0 Å². The zero-order valence-corrected chi connectivity index (χ0v) is 12.1. The van der Waals surface area contributed by atoms with Gasteiger partial charge in [-0.1, -0.05) is 50.5 Å². The largest absolute Gasteiger partial charge is 0.399 e. The lowest BCUT2D eigenvalue weighted by molar-refractivity contribution is 0.791. The number of hydrogen-bond donors (Lipinski definition) is 1. The van der Waals surface area contributed by atoms with Crippen molar-refractivity contribution in [3.63, 3.8) is 0 Å². The summed E-state index contributed by atoms with van der Waals surface area (Å²) in [6.07, 6.45) is 9.49. The highest BCUT2D eigenvalue weighted by atomic mass is 14.6. The number of unbranched alkanes of at least 4 members (excludes halogenated alkanes) is 2. The maximum atomic E-state index is 5.82. The molecule has 0 aliphatic heterocycles. The van der Waals surface area contributed by atoms with E-state index in [2.05, 4.69) is 40.3 Å². The quantitative estimate of drug-likeness (QED) is 0.353. The van der Waals surface area contributed by atoms with Gasteiger partial charge in [0.25, 0.3) is 0 Å². The normalized spacial score (nSPS) is 11.4. The van der Waals surface area contributed by atoms with Crippen LogP contribution in [0.4, 0.5) is 0 Å². The predicted molar refractivity (Wildman–Crippen MR) is 78.8 cm³/mol. The van der Waals surface area contributed by atoms with Gasteiger partial charge in [-0.05, 0) is 45.1 Å². The Balaban J connectivity index is 4.36. The van der Waals surface area contributed by atoms with E-state index in [1.54, 1.807) is 5.57 Å². The van der Waals surface area contributed by atoms with Gasteiger partial charge in [0.05, 0.1) is 0 Å². The lowest BCUT2D eigenvalue weighted by Crippen LogP contribution is -2.01. The van der Waals surface area contributed by atoms with Gasteiger partial charge in [0.2, 0.25) is 0 Å². The average Bonchev–Trinajstić information content (AvgIpc) is 2.26. The molecule has 2 N–H and O–H groups in total. The maximum Gasteiger partial charge on any atom is 0.0272 e. The molecular formula is C16H29N. The molecule has 0 rings (SSSR count). The van der Waals surface area contributed by atoms with Crippen molar-refractivity contribution in [2.24, 2.45) is 5.73 Å². The third kappa shape index (κ3) is 7.04. The lowest BCUT2D eigenvalue weighted by Gasteiger charge is -2.11. The molecule has 0 radical (unpaired) electrons. The Hall–Kier alpha value is -0.980. The van der Waals surface area contributed by atoms with Crippen molar-refractivity contribution in [1.29, 1.82) is 0 Å². The summed E-state index contributed by atoms with van der Waals surface area (Å²) >= 11 is 0. The molecule has 17 heavy (non-hydrogen) atoms. The second-order valence-electron chi connectivity index (χ2n) is 4.86. The molecular weight excluding hydrogens is 206 g/mol. The highest BCUT2D eigenvalue weighted by Gasteiger charge is 2.03. The van der Waals surface area contributed by atoms with Crippen LogP contribution in [-0.2, 0) is 0 Å². The van der Waals surface area contributed by atoms with E-state index in [9.17, 15) is 0 Å². The third-order valence-corrected chi connectivity index (χ3v) is 3.13. The molecule has 0 fully saturated rings. The van der Waals surface area contributed by atoms with E-state index in [4.69, 9.17) is 5.73 Å². The van der Waals surface area contributed by atoms with Crippen LogP contribution in [0.5, 0.6) is 0 Å². The fourth-order valence-electron chi connectivity index (χ4n) is 1.95. The molecule has 0 aliphatic rings. The molecule has 0 aliphatic carbocycles. The highest BCUT2D eigenvalue weighted by molar-refractivity contribution is 5.30. The van der Waals surface area contributed by atoms with Gasteiger partial charge in [-0.2, -0.15) is 0 Å². The summed E-state index contributed by atoms with van der Waals surface area (Å²) in [5.41, 5.74) is 10.6. The fourth-order valence-corrected chi connectivity index (χ4v) is 1.95. The molecule has 0 aromatic heterocycles. The van der Waals surface area contributed by atoms with Gasteiger partial charge in [-0.3, -0.25) is 0 Å². The SMILES string of the molecule is C=C(N)C(CC/C(=C\CCCC)CC)=C(C)C. The first-order valence-electron chi connectivity index (χ1n) is 6.81. The molecule has 98 valence electrons. The minimum Gasteiger partial charge on any atom is -0.399 e. The van der Waals surface area contributed by atoms with Crippen molar-refractivity contribution in [3.8, 4) is 0 Å². The van der Waals surface area contributed by atoms with Crippen molar-refractivity contribution in [1.82, 2.24) is 0 Å². The van der Waals surface area contributed by atoms with E-state index < -0.39 is 0 Å². The van der Waals surface area contributed by atoms with Crippen LogP contribution in [0.1, 0.15) is 66.2 Å². The Morgan fingerprint density at radius 1 is 1.18 bits per heavy atom. The topological polar surface area (TPSA) is 26.0 Å².